The van der Waals surface area contributed by atoms with Crippen LogP contribution in [-0.4, -0.2) is 16.5 Å². The van der Waals surface area contributed by atoms with Gasteiger partial charge in [0, 0.05) is 11.4 Å². The first-order chi connectivity index (χ1) is 9.69. The zero-order valence-corrected chi connectivity index (χ0v) is 13.3. The number of aliphatic imine (C=N–C) groups is 1. The van der Waals surface area contributed by atoms with Gasteiger partial charge in [0.25, 0.3) is 0 Å². The summed E-state index contributed by atoms with van der Waals surface area (Å²) >= 11 is 1.89. The molecule has 108 valence electrons. The van der Waals surface area contributed by atoms with Crippen LogP contribution in [0.25, 0.3) is 0 Å². The Bertz CT molecular complexity index is 494. The Hall–Kier alpha value is -0.960. The summed E-state index contributed by atoms with van der Waals surface area (Å²) in [6, 6.07) is 8.72. The fourth-order valence-corrected chi connectivity index (χ4v) is 4.54. The summed E-state index contributed by atoms with van der Waals surface area (Å²) in [5.41, 5.74) is 2.78. The predicted octanol–water partition coefficient (Wildman–Crippen LogP) is 4.71. The van der Waals surface area contributed by atoms with Gasteiger partial charge in [0.05, 0.1) is 5.54 Å². The minimum Gasteiger partial charge on any atom is -0.335 e. The van der Waals surface area contributed by atoms with E-state index in [0.29, 0.717) is 0 Å². The van der Waals surface area contributed by atoms with E-state index in [0.717, 1.165) is 28.9 Å². The number of aryl methyl sites for hydroxylation is 1. The van der Waals surface area contributed by atoms with Gasteiger partial charge in [-0.25, -0.2) is 0 Å². The Morgan fingerprint density at radius 2 is 2.15 bits per heavy atom. The van der Waals surface area contributed by atoms with Crippen LogP contribution < -0.4 is 5.32 Å². The number of anilines is 1. The van der Waals surface area contributed by atoms with E-state index in [1.807, 2.05) is 11.8 Å². The lowest BCUT2D eigenvalue weighted by Crippen LogP contribution is -2.33. The molecule has 1 N–H and O–H groups in total. The highest BCUT2D eigenvalue weighted by Gasteiger charge is 2.39. The molecule has 1 heterocycles. The minimum atomic E-state index is 0.230. The summed E-state index contributed by atoms with van der Waals surface area (Å²) in [7, 11) is 0. The van der Waals surface area contributed by atoms with Crippen LogP contribution in [0.15, 0.2) is 29.3 Å². The monoisotopic (exact) mass is 288 g/mol. The molecule has 1 aliphatic heterocycles. The zero-order chi connectivity index (χ0) is 14.0. The maximum Gasteiger partial charge on any atom is 0.161 e. The molecular formula is C17H24N2S. The highest BCUT2D eigenvalue weighted by Crippen LogP contribution is 2.42. The van der Waals surface area contributed by atoms with E-state index < -0.39 is 0 Å². The first-order valence-corrected chi connectivity index (χ1v) is 8.76. The molecule has 0 aromatic heterocycles. The highest BCUT2D eigenvalue weighted by molar-refractivity contribution is 8.14. The molecule has 2 aliphatic rings. The van der Waals surface area contributed by atoms with Crippen molar-refractivity contribution in [3.8, 4) is 0 Å². The third kappa shape index (κ3) is 3.03. The van der Waals surface area contributed by atoms with E-state index in [-0.39, 0.29) is 5.54 Å². The largest absolute Gasteiger partial charge is 0.335 e. The van der Waals surface area contributed by atoms with E-state index >= 15 is 0 Å². The molecule has 2 nitrogen and oxygen atoms in total. The molecule has 20 heavy (non-hydrogen) atoms. The van der Waals surface area contributed by atoms with E-state index in [4.69, 9.17) is 4.99 Å². The van der Waals surface area contributed by atoms with Gasteiger partial charge in [-0.1, -0.05) is 50.6 Å². The van der Waals surface area contributed by atoms with Gasteiger partial charge in [0.1, 0.15) is 0 Å². The smallest absolute Gasteiger partial charge is 0.161 e. The van der Waals surface area contributed by atoms with Crippen LogP contribution in [0.3, 0.4) is 0 Å². The summed E-state index contributed by atoms with van der Waals surface area (Å²) in [5.74, 6) is 1.99. The van der Waals surface area contributed by atoms with Gasteiger partial charge in [-0.3, -0.25) is 4.99 Å². The average Bonchev–Trinajstić information content (AvgIpc) is 2.82. The molecule has 1 fully saturated rings. The first kappa shape index (κ1) is 14.0. The van der Waals surface area contributed by atoms with E-state index in [1.165, 1.54) is 31.2 Å². The second-order valence-electron chi connectivity index (χ2n) is 6.31. The molecule has 1 aromatic rings. The number of rotatable bonds is 2. The van der Waals surface area contributed by atoms with Gasteiger partial charge < -0.3 is 5.32 Å². The molecular weight excluding hydrogens is 264 g/mol. The van der Waals surface area contributed by atoms with Crippen molar-refractivity contribution in [2.24, 2.45) is 10.9 Å². The van der Waals surface area contributed by atoms with E-state index in [2.05, 4.69) is 43.4 Å². The predicted molar refractivity (Wildman–Crippen MR) is 89.7 cm³/mol. The lowest BCUT2D eigenvalue weighted by atomic mass is 9.78. The Kier molecular flexibility index (Phi) is 4.06. The summed E-state index contributed by atoms with van der Waals surface area (Å²) in [5, 5.41) is 4.61. The van der Waals surface area contributed by atoms with Crippen LogP contribution in [-0.2, 0) is 6.42 Å². The SMILES string of the molecule is CCc1ccc(NC2=NC3(CCCC(C)C3)CS2)cc1. The van der Waals surface area contributed by atoms with Gasteiger partial charge in [0.15, 0.2) is 5.17 Å². The Morgan fingerprint density at radius 3 is 2.85 bits per heavy atom. The van der Waals surface area contributed by atoms with Crippen LogP contribution in [0.1, 0.15) is 45.1 Å². The number of nitrogens with one attached hydrogen (secondary N) is 1. The molecule has 1 saturated carbocycles. The number of hydrogen-bond donors (Lipinski definition) is 1. The van der Waals surface area contributed by atoms with E-state index in [9.17, 15) is 0 Å². The summed E-state index contributed by atoms with van der Waals surface area (Å²) in [6.07, 6.45) is 6.34. The molecule has 1 aromatic carbocycles. The summed E-state index contributed by atoms with van der Waals surface area (Å²) in [6.45, 7) is 4.56. The summed E-state index contributed by atoms with van der Waals surface area (Å²) < 4.78 is 0. The molecule has 3 heteroatoms. The van der Waals surface area contributed by atoms with Gasteiger partial charge >= 0.3 is 0 Å². The van der Waals surface area contributed by atoms with Crippen LogP contribution in [0.2, 0.25) is 0 Å². The van der Waals surface area contributed by atoms with E-state index in [1.54, 1.807) is 0 Å². The number of nitrogens with zero attached hydrogens (tertiary/aromatic N) is 1. The standard InChI is InChI=1S/C17H24N2S/c1-3-14-6-8-15(9-7-14)18-16-19-17(12-20-16)10-4-5-13(2)11-17/h6-9,13H,3-5,10-12H2,1-2H3,(H,18,19). The van der Waals surface area contributed by atoms with Crippen molar-refractivity contribution in [1.82, 2.24) is 0 Å². The van der Waals surface area contributed by atoms with Crippen molar-refractivity contribution in [1.29, 1.82) is 0 Å². The van der Waals surface area contributed by atoms with Gasteiger partial charge in [-0.05, 0) is 42.9 Å². The van der Waals surface area contributed by atoms with Crippen LogP contribution in [0.4, 0.5) is 5.69 Å². The third-order valence-corrected chi connectivity index (χ3v) is 5.65. The number of benzene rings is 1. The van der Waals surface area contributed by atoms with Crippen LogP contribution >= 0.6 is 11.8 Å². The number of thioether (sulfide) groups is 1. The van der Waals surface area contributed by atoms with Crippen molar-refractivity contribution >= 4 is 22.6 Å². The highest BCUT2D eigenvalue weighted by atomic mass is 32.2. The number of amidine groups is 1. The average molecular weight is 288 g/mol. The molecule has 0 amide bonds. The lowest BCUT2D eigenvalue weighted by molar-refractivity contribution is 0.266. The topological polar surface area (TPSA) is 24.4 Å². The quantitative estimate of drug-likeness (QED) is 0.852. The summed E-state index contributed by atoms with van der Waals surface area (Å²) in [4.78, 5) is 5.04. The van der Waals surface area contributed by atoms with Gasteiger partial charge in [-0.2, -0.15) is 0 Å². The maximum atomic E-state index is 5.04. The second kappa shape index (κ2) is 5.80. The molecule has 2 atom stereocenters. The molecule has 3 rings (SSSR count). The Labute approximate surface area is 126 Å². The van der Waals surface area contributed by atoms with Crippen molar-refractivity contribution in [2.45, 2.75) is 51.5 Å². The maximum absolute atomic E-state index is 5.04. The fraction of sp³-hybridized carbons (Fsp3) is 0.588. The Balaban J connectivity index is 1.68. The van der Waals surface area contributed by atoms with Gasteiger partial charge in [0.2, 0.25) is 0 Å². The van der Waals surface area contributed by atoms with Crippen molar-refractivity contribution in [3.05, 3.63) is 29.8 Å². The molecule has 0 saturated heterocycles. The van der Waals surface area contributed by atoms with Crippen LogP contribution in [0.5, 0.6) is 0 Å². The molecule has 0 bridgehead atoms. The molecule has 1 spiro atoms. The van der Waals surface area contributed by atoms with Crippen LogP contribution in [0, 0.1) is 5.92 Å². The van der Waals surface area contributed by atoms with Crippen molar-refractivity contribution in [2.75, 3.05) is 11.1 Å². The van der Waals surface area contributed by atoms with Crippen molar-refractivity contribution < 1.29 is 0 Å². The normalized spacial score (nSPS) is 29.5. The Morgan fingerprint density at radius 1 is 1.35 bits per heavy atom. The minimum absolute atomic E-state index is 0.230. The molecule has 0 radical (unpaired) electrons. The first-order valence-electron chi connectivity index (χ1n) is 7.78. The molecule has 2 unspecified atom stereocenters. The lowest BCUT2D eigenvalue weighted by Gasteiger charge is -2.33. The second-order valence-corrected chi connectivity index (χ2v) is 7.27. The fourth-order valence-electron chi connectivity index (χ4n) is 3.36. The zero-order valence-electron chi connectivity index (χ0n) is 12.5. The third-order valence-electron chi connectivity index (χ3n) is 4.50. The molecule has 1 aliphatic carbocycles. The number of hydrogen-bond acceptors (Lipinski definition) is 3. The van der Waals surface area contributed by atoms with Crippen molar-refractivity contribution in [3.63, 3.8) is 0 Å². The van der Waals surface area contributed by atoms with Gasteiger partial charge in [-0.15, -0.1) is 0 Å².